The van der Waals surface area contributed by atoms with E-state index in [1.807, 2.05) is 11.5 Å². The Labute approximate surface area is 82.8 Å². The zero-order valence-electron chi connectivity index (χ0n) is 8.40. The van der Waals surface area contributed by atoms with Crippen LogP contribution in [-0.2, 0) is 17.9 Å². The fraction of sp³-hybridized carbons (Fsp3) is 0.556. The molecule has 0 aliphatic rings. The molecule has 0 radical (unpaired) electrons. The third-order valence-corrected chi connectivity index (χ3v) is 2.10. The molecule has 0 fully saturated rings. The van der Waals surface area contributed by atoms with Crippen LogP contribution in [0, 0.1) is 0 Å². The summed E-state index contributed by atoms with van der Waals surface area (Å²) < 4.78 is 1.97. The van der Waals surface area contributed by atoms with Gasteiger partial charge in [0.2, 0.25) is 0 Å². The van der Waals surface area contributed by atoms with Crippen LogP contribution in [0.2, 0.25) is 0 Å². The molecule has 1 atom stereocenters. The monoisotopic (exact) mass is 197 g/mol. The lowest BCUT2D eigenvalue weighted by atomic mass is 10.3. The molecule has 78 valence electrons. The summed E-state index contributed by atoms with van der Waals surface area (Å²) in [5.74, 6) is -0.840. The number of hydrogen-bond donors (Lipinski definition) is 2. The number of imidazole rings is 1. The smallest absolute Gasteiger partial charge is 0.320 e. The second-order valence-electron chi connectivity index (χ2n) is 3.11. The Morgan fingerprint density at radius 3 is 3.07 bits per heavy atom. The van der Waals surface area contributed by atoms with Gasteiger partial charge in [0.05, 0.1) is 12.0 Å². The van der Waals surface area contributed by atoms with Gasteiger partial charge in [-0.3, -0.25) is 10.1 Å². The lowest BCUT2D eigenvalue weighted by Crippen LogP contribution is -2.33. The first-order valence-corrected chi connectivity index (χ1v) is 4.60. The van der Waals surface area contributed by atoms with Crippen molar-refractivity contribution in [3.63, 3.8) is 0 Å². The van der Waals surface area contributed by atoms with Crippen molar-refractivity contribution in [1.82, 2.24) is 14.9 Å². The Kier molecular flexibility index (Phi) is 3.64. The van der Waals surface area contributed by atoms with Gasteiger partial charge in [0, 0.05) is 19.3 Å². The van der Waals surface area contributed by atoms with Crippen molar-refractivity contribution in [3.8, 4) is 0 Å². The highest BCUT2D eigenvalue weighted by molar-refractivity contribution is 5.72. The van der Waals surface area contributed by atoms with Gasteiger partial charge in [-0.05, 0) is 13.8 Å². The second kappa shape index (κ2) is 4.76. The quantitative estimate of drug-likeness (QED) is 0.720. The third-order valence-electron chi connectivity index (χ3n) is 2.10. The summed E-state index contributed by atoms with van der Waals surface area (Å²) in [5, 5.41) is 11.6. The molecule has 5 heteroatoms. The van der Waals surface area contributed by atoms with E-state index < -0.39 is 12.0 Å². The zero-order chi connectivity index (χ0) is 10.6. The summed E-state index contributed by atoms with van der Waals surface area (Å²) >= 11 is 0. The molecule has 0 aliphatic carbocycles. The van der Waals surface area contributed by atoms with E-state index in [0.29, 0.717) is 6.54 Å². The first-order chi connectivity index (χ1) is 6.65. The molecule has 14 heavy (non-hydrogen) atoms. The minimum atomic E-state index is -0.840. The lowest BCUT2D eigenvalue weighted by molar-refractivity contribution is -0.139. The van der Waals surface area contributed by atoms with E-state index in [9.17, 15) is 4.79 Å². The molecule has 1 aromatic rings. The summed E-state index contributed by atoms with van der Waals surface area (Å²) in [5.41, 5.74) is 1.00. The highest BCUT2D eigenvalue weighted by Gasteiger charge is 2.10. The Morgan fingerprint density at radius 1 is 1.79 bits per heavy atom. The number of carbonyl (C=O) groups is 1. The lowest BCUT2D eigenvalue weighted by Gasteiger charge is -2.09. The van der Waals surface area contributed by atoms with Gasteiger partial charge in [0.25, 0.3) is 0 Å². The molecule has 1 heterocycles. The molecule has 0 aliphatic heterocycles. The number of hydrogen-bond acceptors (Lipinski definition) is 3. The van der Waals surface area contributed by atoms with Gasteiger partial charge >= 0.3 is 5.97 Å². The maximum atomic E-state index is 10.5. The van der Waals surface area contributed by atoms with E-state index in [1.165, 1.54) is 0 Å². The number of carboxylic acids is 1. The zero-order valence-corrected chi connectivity index (χ0v) is 8.40. The summed E-state index contributed by atoms with van der Waals surface area (Å²) in [7, 11) is 0. The van der Waals surface area contributed by atoms with Crippen molar-refractivity contribution in [2.45, 2.75) is 33.0 Å². The van der Waals surface area contributed by atoms with Crippen LogP contribution in [0.1, 0.15) is 19.5 Å². The van der Waals surface area contributed by atoms with E-state index in [0.717, 1.165) is 12.2 Å². The molecular weight excluding hydrogens is 182 g/mol. The molecule has 1 aromatic heterocycles. The Balaban J connectivity index is 2.49. The van der Waals surface area contributed by atoms with E-state index >= 15 is 0 Å². The normalized spacial score (nSPS) is 12.7. The van der Waals surface area contributed by atoms with Crippen molar-refractivity contribution in [2.75, 3.05) is 0 Å². The number of aromatic nitrogens is 2. The predicted octanol–water partition coefficient (Wildman–Crippen LogP) is 0.466. The summed E-state index contributed by atoms with van der Waals surface area (Å²) in [6, 6.07) is -0.532. The van der Waals surface area contributed by atoms with E-state index in [-0.39, 0.29) is 0 Å². The van der Waals surface area contributed by atoms with Crippen LogP contribution in [0.3, 0.4) is 0 Å². The standard InChI is InChI=1S/C9H15N3O2/c1-3-12-6-10-4-8(12)5-11-7(2)9(13)14/h4,6-7,11H,3,5H2,1-2H3,(H,13,14)/t7-/m0/s1. The molecule has 1 rings (SSSR count). The maximum Gasteiger partial charge on any atom is 0.320 e. The fourth-order valence-corrected chi connectivity index (χ4v) is 1.13. The molecule has 0 saturated carbocycles. The van der Waals surface area contributed by atoms with E-state index in [2.05, 4.69) is 10.3 Å². The average molecular weight is 197 g/mol. The number of carboxylic acid groups (broad SMARTS) is 1. The molecule has 0 saturated heterocycles. The van der Waals surface area contributed by atoms with Crippen molar-refractivity contribution < 1.29 is 9.90 Å². The van der Waals surface area contributed by atoms with Crippen LogP contribution in [0.15, 0.2) is 12.5 Å². The second-order valence-corrected chi connectivity index (χ2v) is 3.11. The summed E-state index contributed by atoms with van der Waals surface area (Å²) in [4.78, 5) is 14.5. The largest absolute Gasteiger partial charge is 0.480 e. The predicted molar refractivity (Wildman–Crippen MR) is 51.8 cm³/mol. The van der Waals surface area contributed by atoms with Crippen LogP contribution >= 0.6 is 0 Å². The Bertz CT molecular complexity index is 309. The number of nitrogens with zero attached hydrogens (tertiary/aromatic N) is 2. The minimum absolute atomic E-state index is 0.529. The van der Waals surface area contributed by atoms with Crippen molar-refractivity contribution >= 4 is 5.97 Å². The van der Waals surface area contributed by atoms with E-state index in [1.54, 1.807) is 19.4 Å². The number of nitrogens with one attached hydrogen (secondary N) is 1. The Morgan fingerprint density at radius 2 is 2.50 bits per heavy atom. The highest BCUT2D eigenvalue weighted by Crippen LogP contribution is 1.98. The van der Waals surface area contributed by atoms with Gasteiger partial charge in [-0.25, -0.2) is 4.98 Å². The van der Waals surface area contributed by atoms with E-state index in [4.69, 9.17) is 5.11 Å². The molecule has 0 spiro atoms. The molecule has 0 unspecified atom stereocenters. The molecular formula is C9H15N3O2. The van der Waals surface area contributed by atoms with Gasteiger partial charge in [0.1, 0.15) is 6.04 Å². The minimum Gasteiger partial charge on any atom is -0.480 e. The van der Waals surface area contributed by atoms with Crippen LogP contribution < -0.4 is 5.32 Å². The third kappa shape index (κ3) is 2.56. The molecule has 0 bridgehead atoms. The first-order valence-electron chi connectivity index (χ1n) is 4.60. The van der Waals surface area contributed by atoms with Crippen molar-refractivity contribution in [2.24, 2.45) is 0 Å². The highest BCUT2D eigenvalue weighted by atomic mass is 16.4. The summed E-state index contributed by atoms with van der Waals surface area (Å²) in [6.45, 7) is 5.01. The van der Waals surface area contributed by atoms with Gasteiger partial charge in [-0.2, -0.15) is 0 Å². The van der Waals surface area contributed by atoms with Gasteiger partial charge < -0.3 is 9.67 Å². The van der Waals surface area contributed by atoms with Gasteiger partial charge in [0.15, 0.2) is 0 Å². The van der Waals surface area contributed by atoms with Gasteiger partial charge in [-0.15, -0.1) is 0 Å². The maximum absolute atomic E-state index is 10.5. The first kappa shape index (κ1) is 10.7. The number of aliphatic carboxylic acids is 1. The Hall–Kier alpha value is -1.36. The SMILES string of the molecule is CCn1cncc1CN[C@@H](C)C(=O)O. The van der Waals surface area contributed by atoms with Crippen LogP contribution in [0.5, 0.6) is 0 Å². The number of aryl methyl sites for hydroxylation is 1. The van der Waals surface area contributed by atoms with Gasteiger partial charge in [-0.1, -0.05) is 0 Å². The average Bonchev–Trinajstić information content (AvgIpc) is 2.60. The topological polar surface area (TPSA) is 67.2 Å². The molecule has 0 aromatic carbocycles. The van der Waals surface area contributed by atoms with Crippen molar-refractivity contribution in [1.29, 1.82) is 0 Å². The number of rotatable bonds is 5. The summed E-state index contributed by atoms with van der Waals surface area (Å²) in [6.07, 6.45) is 3.48. The van der Waals surface area contributed by atoms with Crippen LogP contribution in [0.4, 0.5) is 0 Å². The van der Waals surface area contributed by atoms with Crippen LogP contribution in [0.25, 0.3) is 0 Å². The van der Waals surface area contributed by atoms with Crippen molar-refractivity contribution in [3.05, 3.63) is 18.2 Å². The molecule has 2 N–H and O–H groups in total. The molecule has 5 nitrogen and oxygen atoms in total. The van der Waals surface area contributed by atoms with Crippen LogP contribution in [-0.4, -0.2) is 26.7 Å². The fourth-order valence-electron chi connectivity index (χ4n) is 1.13. The molecule has 0 amide bonds.